The number of rotatable bonds is 8. The van der Waals surface area contributed by atoms with Crippen LogP contribution in [0.3, 0.4) is 0 Å². The summed E-state index contributed by atoms with van der Waals surface area (Å²) in [5, 5.41) is 6.96. The predicted molar refractivity (Wildman–Crippen MR) is 116 cm³/mol. The lowest BCUT2D eigenvalue weighted by Gasteiger charge is -2.19. The van der Waals surface area contributed by atoms with Crippen LogP contribution < -0.4 is 15.4 Å². The largest absolute Gasteiger partial charge is 0.489 e. The monoisotopic (exact) mass is 395 g/mol. The molecule has 0 bridgehead atoms. The highest BCUT2D eigenvalue weighted by atomic mass is 32.1. The second-order valence-corrected chi connectivity index (χ2v) is 7.03. The Morgan fingerprint density at radius 1 is 1.21 bits per heavy atom. The lowest BCUT2D eigenvalue weighted by molar-refractivity contribution is -0.128. The highest BCUT2D eigenvalue weighted by Gasteiger charge is 2.20. The van der Waals surface area contributed by atoms with Crippen molar-refractivity contribution in [2.24, 2.45) is 0 Å². The van der Waals surface area contributed by atoms with Gasteiger partial charge in [0, 0.05) is 37.8 Å². The lowest BCUT2D eigenvalue weighted by atomic mass is 10.1. The van der Waals surface area contributed by atoms with Crippen molar-refractivity contribution in [3.8, 4) is 5.75 Å². The van der Waals surface area contributed by atoms with E-state index in [0.717, 1.165) is 35.5 Å². The second-order valence-electron chi connectivity index (χ2n) is 6.62. The highest BCUT2D eigenvalue weighted by molar-refractivity contribution is 7.80. The molecule has 0 saturated carbocycles. The van der Waals surface area contributed by atoms with Crippen LogP contribution in [0.25, 0.3) is 0 Å². The minimum atomic E-state index is 0.235. The van der Waals surface area contributed by atoms with Gasteiger partial charge in [-0.25, -0.2) is 0 Å². The third kappa shape index (κ3) is 5.57. The lowest BCUT2D eigenvalue weighted by Crippen LogP contribution is -2.29. The van der Waals surface area contributed by atoms with Crippen LogP contribution in [0.4, 0.5) is 5.69 Å². The fourth-order valence-electron chi connectivity index (χ4n) is 3.13. The van der Waals surface area contributed by atoms with Gasteiger partial charge >= 0.3 is 0 Å². The molecule has 0 aromatic heterocycles. The molecule has 1 heterocycles. The Kier molecular flexibility index (Phi) is 7.03. The smallest absolute Gasteiger partial charge is 0.222 e. The van der Waals surface area contributed by atoms with E-state index in [1.807, 2.05) is 41.3 Å². The maximum atomic E-state index is 11.9. The molecular weight excluding hydrogens is 370 g/mol. The molecule has 0 atom stereocenters. The van der Waals surface area contributed by atoms with Gasteiger partial charge in [0.25, 0.3) is 0 Å². The van der Waals surface area contributed by atoms with Gasteiger partial charge in [0.15, 0.2) is 5.11 Å². The number of hydrogen-bond donors (Lipinski definition) is 2. The van der Waals surface area contributed by atoms with Crippen LogP contribution in [0.2, 0.25) is 0 Å². The van der Waals surface area contributed by atoms with Crippen molar-refractivity contribution in [3.05, 3.63) is 72.3 Å². The summed E-state index contributed by atoms with van der Waals surface area (Å²) in [5.41, 5.74) is 3.14. The van der Waals surface area contributed by atoms with E-state index in [9.17, 15) is 4.79 Å². The zero-order chi connectivity index (χ0) is 19.8. The summed E-state index contributed by atoms with van der Waals surface area (Å²) in [7, 11) is 0. The van der Waals surface area contributed by atoms with Crippen LogP contribution in [-0.2, 0) is 17.9 Å². The van der Waals surface area contributed by atoms with E-state index >= 15 is 0 Å². The van der Waals surface area contributed by atoms with E-state index in [-0.39, 0.29) is 5.91 Å². The third-order valence-electron chi connectivity index (χ3n) is 4.55. The van der Waals surface area contributed by atoms with Crippen LogP contribution in [-0.4, -0.2) is 29.1 Å². The van der Waals surface area contributed by atoms with Crippen molar-refractivity contribution >= 4 is 28.9 Å². The molecule has 0 radical (unpaired) electrons. The van der Waals surface area contributed by atoms with E-state index in [4.69, 9.17) is 17.0 Å². The molecule has 0 aliphatic carbocycles. The Bertz CT molecular complexity index is 853. The molecule has 6 heteroatoms. The first-order chi connectivity index (χ1) is 13.7. The van der Waals surface area contributed by atoms with Crippen molar-refractivity contribution < 1.29 is 9.53 Å². The maximum Gasteiger partial charge on any atom is 0.222 e. The van der Waals surface area contributed by atoms with Gasteiger partial charge in [-0.2, -0.15) is 0 Å². The summed E-state index contributed by atoms with van der Waals surface area (Å²) in [6, 6.07) is 15.8. The van der Waals surface area contributed by atoms with Crippen molar-refractivity contribution in [2.45, 2.75) is 25.9 Å². The molecule has 28 heavy (non-hydrogen) atoms. The maximum absolute atomic E-state index is 11.9. The second kappa shape index (κ2) is 9.90. The zero-order valence-electron chi connectivity index (χ0n) is 15.8. The number of ether oxygens (including phenoxy) is 1. The number of thiocarbonyl (C=S) groups is 1. The molecule has 1 fully saturated rings. The Balaban J connectivity index is 1.56. The molecular formula is C22H25N3O2S. The summed E-state index contributed by atoms with van der Waals surface area (Å²) < 4.78 is 5.54. The first kappa shape index (κ1) is 19.9. The minimum absolute atomic E-state index is 0.235. The van der Waals surface area contributed by atoms with Gasteiger partial charge in [0.05, 0.1) is 0 Å². The Labute approximate surface area is 171 Å². The van der Waals surface area contributed by atoms with Gasteiger partial charge < -0.3 is 20.3 Å². The molecule has 0 spiro atoms. The van der Waals surface area contributed by atoms with E-state index in [1.54, 1.807) is 6.08 Å². The molecule has 1 saturated heterocycles. The fraction of sp³-hybridized carbons (Fsp3) is 0.273. The quantitative estimate of drug-likeness (QED) is 0.525. The molecule has 146 valence electrons. The summed E-state index contributed by atoms with van der Waals surface area (Å²) in [4.78, 5) is 13.8. The highest BCUT2D eigenvalue weighted by Crippen LogP contribution is 2.18. The van der Waals surface area contributed by atoms with Crippen molar-refractivity contribution in [3.63, 3.8) is 0 Å². The van der Waals surface area contributed by atoms with E-state index in [1.165, 1.54) is 0 Å². The molecule has 2 aromatic rings. The normalized spacial score (nSPS) is 13.3. The van der Waals surface area contributed by atoms with Gasteiger partial charge in [-0.05, 0) is 41.9 Å². The first-order valence-corrected chi connectivity index (χ1v) is 9.79. The SMILES string of the molecule is C=CCOc1cccc(NC(=S)NCc2ccccc2CN2CCCC2=O)c1. The van der Waals surface area contributed by atoms with Gasteiger partial charge in [0.2, 0.25) is 5.91 Å². The number of likely N-dealkylation sites (tertiary alicyclic amines) is 1. The van der Waals surface area contributed by atoms with Crippen molar-refractivity contribution in [2.75, 3.05) is 18.5 Å². The summed E-state index contributed by atoms with van der Waals surface area (Å²) in [6.45, 7) is 6.20. The number of carbonyl (C=O) groups excluding carboxylic acids is 1. The Hall–Kier alpha value is -2.86. The number of carbonyl (C=O) groups is 1. The van der Waals surface area contributed by atoms with Crippen molar-refractivity contribution in [1.29, 1.82) is 0 Å². The zero-order valence-corrected chi connectivity index (χ0v) is 16.6. The molecule has 2 N–H and O–H groups in total. The average molecular weight is 396 g/mol. The summed E-state index contributed by atoms with van der Waals surface area (Å²) in [6.07, 6.45) is 3.31. The molecule has 1 aliphatic rings. The molecule has 1 aliphatic heterocycles. The summed E-state index contributed by atoms with van der Waals surface area (Å²) in [5.74, 6) is 0.992. The van der Waals surface area contributed by atoms with E-state index < -0.39 is 0 Å². The average Bonchev–Trinajstić information content (AvgIpc) is 3.10. The Morgan fingerprint density at radius 2 is 2.04 bits per heavy atom. The number of nitrogens with one attached hydrogen (secondary N) is 2. The Morgan fingerprint density at radius 3 is 2.79 bits per heavy atom. The number of nitrogens with zero attached hydrogens (tertiary/aromatic N) is 1. The van der Waals surface area contributed by atoms with Crippen LogP contribution in [0, 0.1) is 0 Å². The van der Waals surface area contributed by atoms with E-state index in [2.05, 4.69) is 29.3 Å². The number of hydrogen-bond acceptors (Lipinski definition) is 3. The van der Waals surface area contributed by atoms with Crippen LogP contribution in [0.15, 0.2) is 61.2 Å². The minimum Gasteiger partial charge on any atom is -0.489 e. The van der Waals surface area contributed by atoms with Gasteiger partial charge in [-0.3, -0.25) is 4.79 Å². The summed E-state index contributed by atoms with van der Waals surface area (Å²) >= 11 is 5.43. The third-order valence-corrected chi connectivity index (χ3v) is 4.80. The first-order valence-electron chi connectivity index (χ1n) is 9.39. The topological polar surface area (TPSA) is 53.6 Å². The van der Waals surface area contributed by atoms with Gasteiger partial charge in [-0.1, -0.05) is 43.0 Å². The number of anilines is 1. The van der Waals surface area contributed by atoms with Gasteiger partial charge in [0.1, 0.15) is 12.4 Å². The molecule has 1 amide bonds. The predicted octanol–water partition coefficient (Wildman–Crippen LogP) is 3.86. The molecule has 3 rings (SSSR count). The standard InChI is InChI=1S/C22H25N3O2S/c1-2-13-27-20-10-5-9-19(14-20)24-22(28)23-15-17-7-3-4-8-18(17)16-25-12-6-11-21(25)26/h2-5,7-10,14H,1,6,11-13,15-16H2,(H2,23,24,28). The number of amides is 1. The van der Waals surface area contributed by atoms with E-state index in [0.29, 0.717) is 31.2 Å². The number of benzene rings is 2. The molecule has 2 aromatic carbocycles. The fourth-order valence-corrected chi connectivity index (χ4v) is 3.32. The van der Waals surface area contributed by atoms with Crippen LogP contribution >= 0.6 is 12.2 Å². The molecule has 0 unspecified atom stereocenters. The van der Waals surface area contributed by atoms with Gasteiger partial charge in [-0.15, -0.1) is 0 Å². The van der Waals surface area contributed by atoms with Crippen LogP contribution in [0.5, 0.6) is 5.75 Å². The molecule has 5 nitrogen and oxygen atoms in total. The van der Waals surface area contributed by atoms with Crippen molar-refractivity contribution in [1.82, 2.24) is 10.2 Å². The van der Waals surface area contributed by atoms with Crippen LogP contribution in [0.1, 0.15) is 24.0 Å².